The Morgan fingerprint density at radius 1 is 1.29 bits per heavy atom. The van der Waals surface area contributed by atoms with Crippen LogP contribution >= 0.6 is 0 Å². The van der Waals surface area contributed by atoms with Crippen LogP contribution in [0.1, 0.15) is 50.2 Å². The van der Waals surface area contributed by atoms with Crippen LogP contribution in [0.3, 0.4) is 0 Å². The number of rotatable bonds is 2. The molecule has 5 nitrogen and oxygen atoms in total. The van der Waals surface area contributed by atoms with Crippen LogP contribution < -0.4 is 5.32 Å². The van der Waals surface area contributed by atoms with Crippen LogP contribution in [0.5, 0.6) is 0 Å². The fourth-order valence-electron chi connectivity index (χ4n) is 2.56. The van der Waals surface area contributed by atoms with Gasteiger partial charge in [0.05, 0.1) is 0 Å². The predicted molar refractivity (Wildman–Crippen MR) is 64.6 cm³/mol. The van der Waals surface area contributed by atoms with Crippen molar-refractivity contribution in [3.05, 3.63) is 11.6 Å². The van der Waals surface area contributed by atoms with Crippen LogP contribution in [0.4, 0.5) is 0 Å². The lowest BCUT2D eigenvalue weighted by atomic mass is 9.85. The minimum absolute atomic E-state index is 0.0722. The van der Waals surface area contributed by atoms with E-state index in [1.54, 1.807) is 6.92 Å². The summed E-state index contributed by atoms with van der Waals surface area (Å²) in [6, 6.07) is 0.345. The van der Waals surface area contributed by atoms with Crippen molar-refractivity contribution in [3.8, 4) is 0 Å². The van der Waals surface area contributed by atoms with Gasteiger partial charge in [-0.2, -0.15) is 0 Å². The van der Waals surface area contributed by atoms with Crippen LogP contribution in [-0.2, 0) is 11.8 Å². The van der Waals surface area contributed by atoms with Gasteiger partial charge >= 0.3 is 0 Å². The van der Waals surface area contributed by atoms with E-state index in [2.05, 4.69) is 20.1 Å². The summed E-state index contributed by atoms with van der Waals surface area (Å²) in [5, 5.41) is 11.3. The molecule has 0 unspecified atom stereocenters. The monoisotopic (exact) mass is 236 g/mol. The van der Waals surface area contributed by atoms with Crippen molar-refractivity contribution >= 4 is 5.91 Å². The highest BCUT2D eigenvalue weighted by atomic mass is 16.1. The molecular formula is C12H20N4O. The predicted octanol–water partition coefficient (Wildman–Crippen LogP) is 1.29. The zero-order valence-electron chi connectivity index (χ0n) is 10.7. The molecule has 1 amide bonds. The number of nitrogens with one attached hydrogen (secondary N) is 1. The fraction of sp³-hybridized carbons (Fsp3) is 0.750. The first-order chi connectivity index (χ1) is 8.08. The highest BCUT2D eigenvalue weighted by Crippen LogP contribution is 2.31. The van der Waals surface area contributed by atoms with E-state index in [0.717, 1.165) is 37.3 Å². The average Bonchev–Trinajstić information content (AvgIpc) is 2.60. The molecule has 0 saturated heterocycles. The Bertz CT molecular complexity index is 405. The average molecular weight is 236 g/mol. The number of nitrogens with zero attached hydrogens (tertiary/aromatic N) is 3. The van der Waals surface area contributed by atoms with Crippen molar-refractivity contribution in [2.24, 2.45) is 7.05 Å². The molecule has 0 radical (unpaired) electrons. The van der Waals surface area contributed by atoms with Crippen LogP contribution in [0.25, 0.3) is 0 Å². The molecule has 1 aliphatic carbocycles. The summed E-state index contributed by atoms with van der Waals surface area (Å²) < 4.78 is 2.07. The van der Waals surface area contributed by atoms with Gasteiger partial charge in [0, 0.05) is 25.9 Å². The van der Waals surface area contributed by atoms with Gasteiger partial charge in [0.1, 0.15) is 11.6 Å². The molecule has 0 atom stereocenters. The van der Waals surface area contributed by atoms with Gasteiger partial charge in [-0.1, -0.05) is 0 Å². The van der Waals surface area contributed by atoms with Crippen molar-refractivity contribution in [3.63, 3.8) is 0 Å². The second kappa shape index (κ2) is 4.85. The second-order valence-electron chi connectivity index (χ2n) is 4.91. The Labute approximate surface area is 102 Å². The number of amides is 1. The van der Waals surface area contributed by atoms with Gasteiger partial charge in [-0.05, 0) is 32.6 Å². The lowest BCUT2D eigenvalue weighted by Crippen LogP contribution is -2.36. The van der Waals surface area contributed by atoms with Gasteiger partial charge in [-0.25, -0.2) is 0 Å². The lowest BCUT2D eigenvalue weighted by Gasteiger charge is -2.28. The van der Waals surface area contributed by atoms with E-state index in [4.69, 9.17) is 0 Å². The Balaban J connectivity index is 1.95. The Morgan fingerprint density at radius 2 is 1.94 bits per heavy atom. The van der Waals surface area contributed by atoms with Crippen molar-refractivity contribution in [2.75, 3.05) is 0 Å². The van der Waals surface area contributed by atoms with Gasteiger partial charge in [0.15, 0.2) is 0 Å². The van der Waals surface area contributed by atoms with Gasteiger partial charge in [-0.3, -0.25) is 4.79 Å². The highest BCUT2D eigenvalue weighted by molar-refractivity contribution is 5.73. The standard InChI is InChI=1S/C12H20N4O/c1-8-14-15-12(16(8)3)10-4-6-11(7-5-10)13-9(2)17/h10-11H,4-7H2,1-3H3,(H,13,17). The molecule has 0 aliphatic heterocycles. The number of hydrogen-bond donors (Lipinski definition) is 1. The quantitative estimate of drug-likeness (QED) is 0.841. The molecule has 0 bridgehead atoms. The van der Waals surface area contributed by atoms with Gasteiger partial charge in [0.2, 0.25) is 5.91 Å². The summed E-state index contributed by atoms with van der Waals surface area (Å²) in [6.07, 6.45) is 4.24. The second-order valence-corrected chi connectivity index (χ2v) is 4.91. The van der Waals surface area contributed by atoms with Crippen LogP contribution in [0, 0.1) is 6.92 Å². The normalized spacial score (nSPS) is 24.6. The van der Waals surface area contributed by atoms with Crippen LogP contribution in [-0.4, -0.2) is 26.7 Å². The molecule has 1 aromatic heterocycles. The maximum atomic E-state index is 11.0. The van der Waals surface area contributed by atoms with E-state index in [-0.39, 0.29) is 5.91 Å². The molecule has 1 aliphatic rings. The molecule has 2 rings (SSSR count). The lowest BCUT2D eigenvalue weighted by molar-refractivity contribution is -0.119. The molecule has 5 heteroatoms. The Hall–Kier alpha value is -1.39. The smallest absolute Gasteiger partial charge is 0.217 e. The third-order valence-electron chi connectivity index (χ3n) is 3.63. The summed E-state index contributed by atoms with van der Waals surface area (Å²) in [5.41, 5.74) is 0. The first-order valence-corrected chi connectivity index (χ1v) is 6.21. The van der Waals surface area contributed by atoms with E-state index in [9.17, 15) is 4.79 Å². The molecule has 0 spiro atoms. The molecule has 0 aromatic carbocycles. The Kier molecular flexibility index (Phi) is 3.45. The molecule has 1 N–H and O–H groups in total. The summed E-state index contributed by atoms with van der Waals surface area (Å²) in [6.45, 7) is 3.55. The number of carbonyl (C=O) groups is 1. The first kappa shape index (κ1) is 12.1. The largest absolute Gasteiger partial charge is 0.354 e. The first-order valence-electron chi connectivity index (χ1n) is 6.21. The van der Waals surface area contributed by atoms with Crippen LogP contribution in [0.2, 0.25) is 0 Å². The molecule has 1 saturated carbocycles. The van der Waals surface area contributed by atoms with Crippen molar-refractivity contribution in [1.29, 1.82) is 0 Å². The molecule has 1 heterocycles. The third-order valence-corrected chi connectivity index (χ3v) is 3.63. The van der Waals surface area contributed by atoms with Gasteiger partial charge in [0.25, 0.3) is 0 Å². The van der Waals surface area contributed by atoms with E-state index in [1.165, 1.54) is 0 Å². The fourth-order valence-corrected chi connectivity index (χ4v) is 2.56. The zero-order chi connectivity index (χ0) is 12.4. The van der Waals surface area contributed by atoms with Gasteiger partial charge in [-0.15, -0.1) is 10.2 Å². The van der Waals surface area contributed by atoms with Gasteiger partial charge < -0.3 is 9.88 Å². The van der Waals surface area contributed by atoms with Crippen molar-refractivity contribution in [1.82, 2.24) is 20.1 Å². The topological polar surface area (TPSA) is 59.8 Å². The summed E-state index contributed by atoms with van der Waals surface area (Å²) in [7, 11) is 2.02. The summed E-state index contributed by atoms with van der Waals surface area (Å²) >= 11 is 0. The SMILES string of the molecule is CC(=O)NC1CCC(c2nnc(C)n2C)CC1. The van der Waals surface area contributed by atoms with Crippen molar-refractivity contribution < 1.29 is 4.79 Å². The summed E-state index contributed by atoms with van der Waals surface area (Å²) in [5.74, 6) is 2.61. The number of aryl methyl sites for hydroxylation is 1. The summed E-state index contributed by atoms with van der Waals surface area (Å²) in [4.78, 5) is 11.0. The van der Waals surface area contributed by atoms with Crippen molar-refractivity contribution in [2.45, 2.75) is 51.5 Å². The number of aromatic nitrogens is 3. The van der Waals surface area contributed by atoms with E-state index < -0.39 is 0 Å². The Morgan fingerprint density at radius 3 is 2.41 bits per heavy atom. The van der Waals surface area contributed by atoms with E-state index in [1.807, 2.05) is 14.0 Å². The minimum atomic E-state index is 0.0722. The molecule has 1 fully saturated rings. The highest BCUT2D eigenvalue weighted by Gasteiger charge is 2.26. The number of carbonyl (C=O) groups excluding carboxylic acids is 1. The molecule has 94 valence electrons. The van der Waals surface area contributed by atoms with Crippen LogP contribution in [0.15, 0.2) is 0 Å². The zero-order valence-corrected chi connectivity index (χ0v) is 10.7. The molecule has 17 heavy (non-hydrogen) atoms. The maximum absolute atomic E-state index is 11.0. The molecular weight excluding hydrogens is 216 g/mol. The van der Waals surface area contributed by atoms with E-state index in [0.29, 0.717) is 12.0 Å². The van der Waals surface area contributed by atoms with E-state index >= 15 is 0 Å². The minimum Gasteiger partial charge on any atom is -0.354 e. The third kappa shape index (κ3) is 2.65. The number of hydrogen-bond acceptors (Lipinski definition) is 3. The maximum Gasteiger partial charge on any atom is 0.217 e. The molecule has 1 aromatic rings.